The van der Waals surface area contributed by atoms with Crippen LogP contribution in [0.3, 0.4) is 0 Å². The predicted molar refractivity (Wildman–Crippen MR) is 66.5 cm³/mol. The summed E-state index contributed by atoms with van der Waals surface area (Å²) in [7, 11) is -2.25. The molecule has 0 amide bonds. The first kappa shape index (κ1) is 14.7. The molecule has 0 aromatic carbocycles. The van der Waals surface area contributed by atoms with Crippen LogP contribution in [0.1, 0.15) is 31.3 Å². The molecular formula is C11H18N2O4S. The number of ether oxygens (including phenoxy) is 1. The average Bonchev–Trinajstić information content (AvgIpc) is 2.59. The SMILES string of the molecule is CC(C)C(C)OC(=O)c1cc(S(N)(=O)=O)cn1C. The van der Waals surface area contributed by atoms with Gasteiger partial charge in [-0.3, -0.25) is 0 Å². The van der Waals surface area contributed by atoms with Gasteiger partial charge >= 0.3 is 5.97 Å². The van der Waals surface area contributed by atoms with Gasteiger partial charge in [0.15, 0.2) is 0 Å². The van der Waals surface area contributed by atoms with Crippen molar-refractivity contribution in [2.45, 2.75) is 31.8 Å². The predicted octanol–water partition coefficient (Wildman–Crippen LogP) is 0.874. The lowest BCUT2D eigenvalue weighted by atomic mass is 10.1. The molecule has 1 aromatic heterocycles. The molecule has 102 valence electrons. The number of hydrogen-bond donors (Lipinski definition) is 1. The zero-order valence-corrected chi connectivity index (χ0v) is 11.7. The zero-order valence-electron chi connectivity index (χ0n) is 10.9. The number of sulfonamides is 1. The molecule has 0 saturated heterocycles. The van der Waals surface area contributed by atoms with E-state index in [9.17, 15) is 13.2 Å². The molecule has 0 bridgehead atoms. The van der Waals surface area contributed by atoms with Crippen molar-refractivity contribution in [1.29, 1.82) is 0 Å². The maximum Gasteiger partial charge on any atom is 0.355 e. The summed E-state index contributed by atoms with van der Waals surface area (Å²) in [6.07, 6.45) is 1.04. The van der Waals surface area contributed by atoms with Crippen molar-refractivity contribution in [3.63, 3.8) is 0 Å². The zero-order chi connectivity index (χ0) is 14.1. The van der Waals surface area contributed by atoms with Crippen molar-refractivity contribution in [3.8, 4) is 0 Å². The van der Waals surface area contributed by atoms with Crippen molar-refractivity contribution >= 4 is 16.0 Å². The maximum absolute atomic E-state index is 11.8. The number of aromatic nitrogens is 1. The Hall–Kier alpha value is -1.34. The number of hydrogen-bond acceptors (Lipinski definition) is 4. The number of nitrogens with zero attached hydrogens (tertiary/aromatic N) is 1. The summed E-state index contributed by atoms with van der Waals surface area (Å²) in [5.74, 6) is -0.375. The first-order chi connectivity index (χ1) is 8.12. The second-order valence-corrected chi connectivity index (χ2v) is 6.13. The average molecular weight is 274 g/mol. The van der Waals surface area contributed by atoms with Crippen LogP contribution in [0.4, 0.5) is 0 Å². The molecule has 0 spiro atoms. The van der Waals surface area contributed by atoms with Crippen LogP contribution in [0, 0.1) is 5.92 Å². The van der Waals surface area contributed by atoms with Gasteiger partial charge in [0, 0.05) is 13.2 Å². The van der Waals surface area contributed by atoms with E-state index in [0.717, 1.165) is 0 Å². The lowest BCUT2D eigenvalue weighted by Gasteiger charge is -2.16. The molecule has 7 heteroatoms. The third kappa shape index (κ3) is 3.33. The van der Waals surface area contributed by atoms with Gasteiger partial charge in [-0.05, 0) is 18.9 Å². The van der Waals surface area contributed by atoms with Crippen molar-refractivity contribution in [2.75, 3.05) is 0 Å². The molecule has 0 fully saturated rings. The molecule has 0 aliphatic rings. The second-order valence-electron chi connectivity index (χ2n) is 4.57. The lowest BCUT2D eigenvalue weighted by molar-refractivity contribution is 0.0227. The first-order valence-corrected chi connectivity index (χ1v) is 7.07. The van der Waals surface area contributed by atoms with E-state index in [2.05, 4.69) is 0 Å². The minimum Gasteiger partial charge on any atom is -0.458 e. The standard InChI is InChI=1S/C11H18N2O4S/c1-7(2)8(3)17-11(14)10-5-9(6-13(10)4)18(12,15)16/h5-8H,1-4H3,(H2,12,15,16). The van der Waals surface area contributed by atoms with E-state index in [1.165, 1.54) is 16.8 Å². The molecule has 6 nitrogen and oxygen atoms in total. The number of esters is 1. The van der Waals surface area contributed by atoms with Crippen LogP contribution >= 0.6 is 0 Å². The van der Waals surface area contributed by atoms with E-state index in [-0.39, 0.29) is 22.6 Å². The number of aryl methyl sites for hydroxylation is 1. The number of primary sulfonamides is 1. The molecular weight excluding hydrogens is 256 g/mol. The molecule has 18 heavy (non-hydrogen) atoms. The Balaban J connectivity index is 2.98. The highest BCUT2D eigenvalue weighted by atomic mass is 32.2. The van der Waals surface area contributed by atoms with Gasteiger partial charge in [0.25, 0.3) is 0 Å². The Morgan fingerprint density at radius 2 is 1.94 bits per heavy atom. The van der Waals surface area contributed by atoms with Gasteiger partial charge < -0.3 is 9.30 Å². The number of nitrogens with two attached hydrogens (primary N) is 1. The minimum atomic E-state index is -3.81. The van der Waals surface area contributed by atoms with Crippen LogP contribution in [0.25, 0.3) is 0 Å². The fourth-order valence-electron chi connectivity index (χ4n) is 1.26. The van der Waals surface area contributed by atoms with E-state index in [0.29, 0.717) is 0 Å². The highest BCUT2D eigenvalue weighted by Gasteiger charge is 2.21. The van der Waals surface area contributed by atoms with Crippen LogP contribution in [0.15, 0.2) is 17.2 Å². The smallest absolute Gasteiger partial charge is 0.355 e. The van der Waals surface area contributed by atoms with E-state index in [1.807, 2.05) is 13.8 Å². The fourth-order valence-corrected chi connectivity index (χ4v) is 1.84. The molecule has 0 saturated carbocycles. The van der Waals surface area contributed by atoms with E-state index < -0.39 is 16.0 Å². The summed E-state index contributed by atoms with van der Waals surface area (Å²) in [5, 5.41) is 5.00. The fraction of sp³-hybridized carbons (Fsp3) is 0.545. The molecule has 1 aromatic rings. The van der Waals surface area contributed by atoms with Crippen LogP contribution in [-0.2, 0) is 21.8 Å². The van der Waals surface area contributed by atoms with Gasteiger partial charge in [0.05, 0.1) is 0 Å². The second kappa shape index (κ2) is 5.11. The summed E-state index contributed by atoms with van der Waals surface area (Å²) >= 11 is 0. The summed E-state index contributed by atoms with van der Waals surface area (Å²) in [5.41, 5.74) is 0.159. The molecule has 1 atom stereocenters. The molecule has 0 radical (unpaired) electrons. The Labute approximate surface area is 107 Å². The topological polar surface area (TPSA) is 91.4 Å². The van der Waals surface area contributed by atoms with Crippen LogP contribution in [-0.4, -0.2) is 25.1 Å². The molecule has 2 N–H and O–H groups in total. The number of rotatable bonds is 4. The Morgan fingerprint density at radius 3 is 2.33 bits per heavy atom. The van der Waals surface area contributed by atoms with Crippen molar-refractivity contribution in [2.24, 2.45) is 18.1 Å². The molecule has 1 rings (SSSR count). The van der Waals surface area contributed by atoms with Gasteiger partial charge in [-0.15, -0.1) is 0 Å². The first-order valence-electron chi connectivity index (χ1n) is 5.53. The normalized spacial score (nSPS) is 13.7. The van der Waals surface area contributed by atoms with Gasteiger partial charge in [0.2, 0.25) is 10.0 Å². The molecule has 0 aliphatic heterocycles. The Morgan fingerprint density at radius 1 is 1.39 bits per heavy atom. The highest BCUT2D eigenvalue weighted by molar-refractivity contribution is 7.89. The van der Waals surface area contributed by atoms with Gasteiger partial charge in [-0.2, -0.15) is 0 Å². The van der Waals surface area contributed by atoms with Crippen LogP contribution in [0.5, 0.6) is 0 Å². The molecule has 1 unspecified atom stereocenters. The lowest BCUT2D eigenvalue weighted by Crippen LogP contribution is -2.21. The Bertz CT molecular complexity index is 545. The van der Waals surface area contributed by atoms with Gasteiger partial charge in [-0.1, -0.05) is 13.8 Å². The van der Waals surface area contributed by atoms with Gasteiger partial charge in [0.1, 0.15) is 16.7 Å². The quantitative estimate of drug-likeness (QED) is 0.825. The highest BCUT2D eigenvalue weighted by Crippen LogP contribution is 2.15. The Kier molecular flexibility index (Phi) is 4.18. The minimum absolute atomic E-state index is 0.103. The molecule has 0 aliphatic carbocycles. The van der Waals surface area contributed by atoms with Crippen LogP contribution < -0.4 is 5.14 Å². The monoisotopic (exact) mass is 274 g/mol. The van der Waals surface area contributed by atoms with E-state index in [4.69, 9.17) is 9.88 Å². The van der Waals surface area contributed by atoms with Crippen LogP contribution in [0.2, 0.25) is 0 Å². The van der Waals surface area contributed by atoms with E-state index in [1.54, 1.807) is 14.0 Å². The molecule has 1 heterocycles. The maximum atomic E-state index is 11.8. The number of carbonyl (C=O) groups is 1. The third-order valence-corrected chi connectivity index (χ3v) is 3.63. The van der Waals surface area contributed by atoms with E-state index >= 15 is 0 Å². The largest absolute Gasteiger partial charge is 0.458 e. The summed E-state index contributed by atoms with van der Waals surface area (Å²) in [6, 6.07) is 1.21. The van der Waals surface area contributed by atoms with Crippen molar-refractivity contribution in [1.82, 2.24) is 4.57 Å². The third-order valence-electron chi connectivity index (χ3n) is 2.75. The van der Waals surface area contributed by atoms with Crippen molar-refractivity contribution in [3.05, 3.63) is 18.0 Å². The summed E-state index contributed by atoms with van der Waals surface area (Å²) in [4.78, 5) is 11.7. The number of carbonyl (C=O) groups excluding carboxylic acids is 1. The van der Waals surface area contributed by atoms with Gasteiger partial charge in [-0.25, -0.2) is 18.4 Å². The van der Waals surface area contributed by atoms with Crippen molar-refractivity contribution < 1.29 is 17.9 Å². The summed E-state index contributed by atoms with van der Waals surface area (Å²) < 4.78 is 28.9. The summed E-state index contributed by atoms with van der Waals surface area (Å²) in [6.45, 7) is 5.64.